The highest BCUT2D eigenvalue weighted by atomic mass is 32.1. The zero-order chi connectivity index (χ0) is 9.02. The first-order valence-electron chi connectivity index (χ1n) is 3.52. The molecular weight excluding hydrogens is 154 g/mol. The fourth-order valence-electron chi connectivity index (χ4n) is 0.701. The SMILES string of the molecule is C=C(C)N=C(C)C(S)=C(C)C. The van der Waals surface area contributed by atoms with Crippen LogP contribution < -0.4 is 0 Å². The molecule has 0 aliphatic rings. The van der Waals surface area contributed by atoms with Gasteiger partial charge in [-0.05, 0) is 27.7 Å². The van der Waals surface area contributed by atoms with Crippen LogP contribution in [0.3, 0.4) is 0 Å². The van der Waals surface area contributed by atoms with E-state index in [9.17, 15) is 0 Å². The van der Waals surface area contributed by atoms with Crippen LogP contribution in [0, 0.1) is 0 Å². The minimum atomic E-state index is 0.815. The third-order valence-corrected chi connectivity index (χ3v) is 1.95. The topological polar surface area (TPSA) is 12.4 Å². The molecule has 0 bridgehead atoms. The van der Waals surface area contributed by atoms with Crippen LogP contribution in [0.2, 0.25) is 0 Å². The highest BCUT2D eigenvalue weighted by molar-refractivity contribution is 7.85. The molecule has 0 atom stereocenters. The second-order valence-corrected chi connectivity index (χ2v) is 3.23. The van der Waals surface area contributed by atoms with Crippen LogP contribution in [0.15, 0.2) is 27.7 Å². The quantitative estimate of drug-likeness (QED) is 0.481. The van der Waals surface area contributed by atoms with E-state index in [1.165, 1.54) is 5.57 Å². The Hall–Kier alpha value is -0.500. The molecule has 0 rings (SSSR count). The summed E-state index contributed by atoms with van der Waals surface area (Å²) < 4.78 is 0. The number of thiol groups is 1. The van der Waals surface area contributed by atoms with Crippen LogP contribution in [0.4, 0.5) is 0 Å². The van der Waals surface area contributed by atoms with E-state index in [1.807, 2.05) is 27.7 Å². The monoisotopic (exact) mass is 169 g/mol. The van der Waals surface area contributed by atoms with Crippen molar-refractivity contribution in [3.8, 4) is 0 Å². The first-order valence-corrected chi connectivity index (χ1v) is 3.97. The molecule has 0 saturated heterocycles. The van der Waals surface area contributed by atoms with Gasteiger partial charge in [0.2, 0.25) is 0 Å². The minimum absolute atomic E-state index is 0.815. The van der Waals surface area contributed by atoms with Crippen LogP contribution >= 0.6 is 12.6 Å². The Balaban J connectivity index is 4.63. The maximum atomic E-state index is 4.30. The molecule has 62 valence electrons. The lowest BCUT2D eigenvalue weighted by Gasteiger charge is -2.01. The normalized spacial score (nSPS) is 11.2. The van der Waals surface area contributed by atoms with Crippen LogP contribution in [-0.4, -0.2) is 5.71 Å². The molecular formula is C9H15NS. The molecule has 0 aromatic heterocycles. The van der Waals surface area contributed by atoms with Crippen molar-refractivity contribution in [3.05, 3.63) is 22.8 Å². The van der Waals surface area contributed by atoms with Gasteiger partial charge in [0.25, 0.3) is 0 Å². The predicted octanol–water partition coefficient (Wildman–Crippen LogP) is 3.20. The van der Waals surface area contributed by atoms with E-state index in [4.69, 9.17) is 0 Å². The molecule has 0 amide bonds. The molecule has 0 N–H and O–H groups in total. The fraction of sp³-hybridized carbons (Fsp3) is 0.444. The first-order chi connectivity index (χ1) is 4.95. The van der Waals surface area contributed by atoms with Crippen molar-refractivity contribution in [2.24, 2.45) is 4.99 Å². The van der Waals surface area contributed by atoms with Gasteiger partial charge in [0.05, 0.1) is 5.71 Å². The maximum Gasteiger partial charge on any atom is 0.0507 e. The van der Waals surface area contributed by atoms with Crippen LogP contribution in [0.1, 0.15) is 27.7 Å². The molecule has 0 unspecified atom stereocenters. The Bertz CT molecular complexity index is 220. The Morgan fingerprint density at radius 2 is 1.64 bits per heavy atom. The summed E-state index contributed by atoms with van der Waals surface area (Å²) in [7, 11) is 0. The zero-order valence-electron chi connectivity index (χ0n) is 7.60. The molecule has 0 aliphatic heterocycles. The molecule has 1 nitrogen and oxygen atoms in total. The van der Waals surface area contributed by atoms with Gasteiger partial charge in [0.1, 0.15) is 0 Å². The van der Waals surface area contributed by atoms with Crippen molar-refractivity contribution in [1.29, 1.82) is 0 Å². The zero-order valence-corrected chi connectivity index (χ0v) is 8.50. The lowest BCUT2D eigenvalue weighted by molar-refractivity contribution is 1.31. The summed E-state index contributed by atoms with van der Waals surface area (Å²) in [5.74, 6) is 0. The highest BCUT2D eigenvalue weighted by Gasteiger charge is 1.96. The maximum absolute atomic E-state index is 4.30. The highest BCUT2D eigenvalue weighted by Crippen LogP contribution is 2.11. The van der Waals surface area contributed by atoms with E-state index < -0.39 is 0 Å². The summed E-state index contributed by atoms with van der Waals surface area (Å²) in [6, 6.07) is 0. The van der Waals surface area contributed by atoms with Gasteiger partial charge in [-0.3, -0.25) is 4.99 Å². The molecule has 0 aromatic carbocycles. The molecule has 0 fully saturated rings. The average Bonchev–Trinajstić information content (AvgIpc) is 1.84. The smallest absolute Gasteiger partial charge is 0.0507 e. The summed E-state index contributed by atoms with van der Waals surface area (Å²) in [6.45, 7) is 11.5. The van der Waals surface area contributed by atoms with E-state index in [1.54, 1.807) is 0 Å². The van der Waals surface area contributed by atoms with Gasteiger partial charge >= 0.3 is 0 Å². The Morgan fingerprint density at radius 1 is 1.18 bits per heavy atom. The van der Waals surface area contributed by atoms with E-state index in [0.717, 1.165) is 16.3 Å². The summed E-state index contributed by atoms with van der Waals surface area (Å²) in [5, 5.41) is 0. The van der Waals surface area contributed by atoms with Gasteiger partial charge in [-0.2, -0.15) is 0 Å². The average molecular weight is 169 g/mol. The van der Waals surface area contributed by atoms with Gasteiger partial charge in [-0.15, -0.1) is 12.6 Å². The summed E-state index contributed by atoms with van der Waals surface area (Å²) in [5.41, 5.74) is 2.92. The van der Waals surface area contributed by atoms with E-state index in [-0.39, 0.29) is 0 Å². The van der Waals surface area contributed by atoms with Gasteiger partial charge in [-0.25, -0.2) is 0 Å². The standard InChI is InChI=1S/C9H15NS/c1-6(2)9(11)8(5)10-7(3)4/h11H,3H2,1-2,4-5H3. The van der Waals surface area contributed by atoms with E-state index in [0.29, 0.717) is 0 Å². The molecule has 0 aromatic rings. The third-order valence-electron chi connectivity index (χ3n) is 1.17. The van der Waals surface area contributed by atoms with Crippen molar-refractivity contribution >= 4 is 18.3 Å². The molecule has 0 spiro atoms. The Morgan fingerprint density at radius 3 is 1.91 bits per heavy atom. The number of aliphatic imine (C=N–C) groups is 1. The van der Waals surface area contributed by atoms with Crippen molar-refractivity contribution < 1.29 is 0 Å². The van der Waals surface area contributed by atoms with E-state index in [2.05, 4.69) is 24.2 Å². The number of hydrogen-bond donors (Lipinski definition) is 1. The third kappa shape index (κ3) is 4.04. The second-order valence-electron chi connectivity index (χ2n) is 2.78. The van der Waals surface area contributed by atoms with Crippen molar-refractivity contribution in [1.82, 2.24) is 0 Å². The number of rotatable bonds is 2. The largest absolute Gasteiger partial charge is 0.258 e. The van der Waals surface area contributed by atoms with Crippen LogP contribution in [-0.2, 0) is 0 Å². The van der Waals surface area contributed by atoms with Crippen LogP contribution in [0.5, 0.6) is 0 Å². The first kappa shape index (κ1) is 10.5. The van der Waals surface area contributed by atoms with Gasteiger partial charge in [0, 0.05) is 10.6 Å². The predicted molar refractivity (Wildman–Crippen MR) is 55.3 cm³/mol. The summed E-state index contributed by atoms with van der Waals surface area (Å²) in [4.78, 5) is 5.14. The second kappa shape index (κ2) is 4.39. The molecule has 0 heterocycles. The van der Waals surface area contributed by atoms with Gasteiger partial charge < -0.3 is 0 Å². The molecule has 11 heavy (non-hydrogen) atoms. The van der Waals surface area contributed by atoms with Crippen molar-refractivity contribution in [3.63, 3.8) is 0 Å². The van der Waals surface area contributed by atoms with Gasteiger partial charge in [0.15, 0.2) is 0 Å². The van der Waals surface area contributed by atoms with Gasteiger partial charge in [-0.1, -0.05) is 12.2 Å². The van der Waals surface area contributed by atoms with Crippen molar-refractivity contribution in [2.45, 2.75) is 27.7 Å². The number of hydrogen-bond acceptors (Lipinski definition) is 2. The molecule has 2 heteroatoms. The summed E-state index contributed by atoms with van der Waals surface area (Å²) in [6.07, 6.45) is 0. The Kier molecular flexibility index (Phi) is 4.19. The molecule has 0 radical (unpaired) electrons. The number of nitrogens with zero attached hydrogens (tertiary/aromatic N) is 1. The van der Waals surface area contributed by atoms with Crippen LogP contribution in [0.25, 0.3) is 0 Å². The number of allylic oxidation sites excluding steroid dienone is 3. The Labute approximate surface area is 74.3 Å². The lowest BCUT2D eigenvalue weighted by Crippen LogP contribution is -1.93. The lowest BCUT2D eigenvalue weighted by atomic mass is 10.2. The summed E-state index contributed by atoms with van der Waals surface area (Å²) >= 11 is 4.30. The van der Waals surface area contributed by atoms with Crippen molar-refractivity contribution in [2.75, 3.05) is 0 Å². The minimum Gasteiger partial charge on any atom is -0.258 e. The molecule has 0 aliphatic carbocycles. The molecule has 0 saturated carbocycles. The van der Waals surface area contributed by atoms with E-state index >= 15 is 0 Å². The fourth-order valence-corrected chi connectivity index (χ4v) is 0.751.